The highest BCUT2D eigenvalue weighted by Crippen LogP contribution is 2.13. The molecule has 0 aromatic heterocycles. The van der Waals surface area contributed by atoms with Crippen molar-refractivity contribution in [2.75, 3.05) is 7.05 Å². The summed E-state index contributed by atoms with van der Waals surface area (Å²) in [5.74, 6) is 0.0195. The van der Waals surface area contributed by atoms with E-state index in [4.69, 9.17) is 0 Å². The molecule has 0 saturated heterocycles. The Kier molecular flexibility index (Phi) is 5.62. The summed E-state index contributed by atoms with van der Waals surface area (Å²) in [6.45, 7) is 2.21. The van der Waals surface area contributed by atoms with Gasteiger partial charge >= 0.3 is 0 Å². The van der Waals surface area contributed by atoms with Crippen molar-refractivity contribution >= 4 is 5.91 Å². The quantitative estimate of drug-likeness (QED) is 0.731. The zero-order valence-corrected chi connectivity index (χ0v) is 10.3. The molecular formula is C14H21NO. The third kappa shape index (κ3) is 3.69. The first-order chi connectivity index (χ1) is 7.79. The first-order valence-electron chi connectivity index (χ1n) is 6.09. The lowest BCUT2D eigenvalue weighted by Crippen LogP contribution is -2.19. The predicted octanol–water partition coefficient (Wildman–Crippen LogP) is 3.17. The lowest BCUT2D eigenvalue weighted by molar-refractivity contribution is 0.0962. The van der Waals surface area contributed by atoms with Gasteiger partial charge in [0.15, 0.2) is 0 Å². The van der Waals surface area contributed by atoms with Crippen LogP contribution < -0.4 is 5.32 Å². The molecule has 1 N–H and O–H groups in total. The number of benzene rings is 1. The van der Waals surface area contributed by atoms with Crippen molar-refractivity contribution < 1.29 is 4.79 Å². The summed E-state index contributed by atoms with van der Waals surface area (Å²) in [4.78, 5) is 11.6. The van der Waals surface area contributed by atoms with Crippen LogP contribution in [0, 0.1) is 0 Å². The van der Waals surface area contributed by atoms with Gasteiger partial charge in [0, 0.05) is 12.6 Å². The van der Waals surface area contributed by atoms with Gasteiger partial charge in [-0.1, -0.05) is 44.4 Å². The number of amides is 1. The number of hydrogen-bond donors (Lipinski definition) is 1. The molecule has 0 bridgehead atoms. The van der Waals surface area contributed by atoms with Gasteiger partial charge in [-0.2, -0.15) is 0 Å². The molecular weight excluding hydrogens is 198 g/mol. The molecule has 0 heterocycles. The number of carbonyl (C=O) groups excluding carboxylic acids is 1. The second-order valence-corrected chi connectivity index (χ2v) is 4.05. The summed E-state index contributed by atoms with van der Waals surface area (Å²) in [6.07, 6.45) is 5.95. The van der Waals surface area contributed by atoms with E-state index in [0.29, 0.717) is 0 Å². The van der Waals surface area contributed by atoms with E-state index in [0.717, 1.165) is 17.5 Å². The molecule has 0 aliphatic heterocycles. The fourth-order valence-corrected chi connectivity index (χ4v) is 1.84. The van der Waals surface area contributed by atoms with E-state index in [2.05, 4.69) is 18.3 Å². The smallest absolute Gasteiger partial charge is 0.251 e. The molecule has 2 nitrogen and oxygen atoms in total. The highest BCUT2D eigenvalue weighted by Gasteiger charge is 2.07. The highest BCUT2D eigenvalue weighted by atomic mass is 16.1. The van der Waals surface area contributed by atoms with Crippen LogP contribution in [0.4, 0.5) is 0 Å². The van der Waals surface area contributed by atoms with Crippen molar-refractivity contribution in [3.63, 3.8) is 0 Å². The van der Waals surface area contributed by atoms with Crippen molar-refractivity contribution in [3.8, 4) is 0 Å². The molecule has 16 heavy (non-hydrogen) atoms. The van der Waals surface area contributed by atoms with Crippen molar-refractivity contribution in [2.45, 2.75) is 39.0 Å². The van der Waals surface area contributed by atoms with E-state index in [1.807, 2.05) is 18.2 Å². The van der Waals surface area contributed by atoms with Gasteiger partial charge in [0.1, 0.15) is 0 Å². The van der Waals surface area contributed by atoms with Gasteiger partial charge in [-0.15, -0.1) is 0 Å². The standard InChI is InChI=1S/C14H21NO/c1-3-4-5-6-9-12-10-7-8-11-13(12)14(16)15-2/h7-8,10-11H,3-6,9H2,1-2H3,(H,15,16). The molecule has 0 unspecified atom stereocenters. The van der Waals surface area contributed by atoms with Crippen LogP contribution in [-0.2, 0) is 6.42 Å². The van der Waals surface area contributed by atoms with Gasteiger partial charge < -0.3 is 5.32 Å². The van der Waals surface area contributed by atoms with Gasteiger partial charge in [-0.25, -0.2) is 0 Å². The molecule has 0 saturated carbocycles. The largest absolute Gasteiger partial charge is 0.355 e. The van der Waals surface area contributed by atoms with Gasteiger partial charge in [0.2, 0.25) is 0 Å². The van der Waals surface area contributed by atoms with Crippen LogP contribution in [0.15, 0.2) is 24.3 Å². The minimum atomic E-state index is 0.0195. The molecule has 1 amide bonds. The Morgan fingerprint density at radius 1 is 1.19 bits per heavy atom. The van der Waals surface area contributed by atoms with Crippen LogP contribution in [0.3, 0.4) is 0 Å². The van der Waals surface area contributed by atoms with E-state index < -0.39 is 0 Å². The second-order valence-electron chi connectivity index (χ2n) is 4.05. The topological polar surface area (TPSA) is 29.1 Å². The Hall–Kier alpha value is -1.31. The molecule has 0 fully saturated rings. The minimum Gasteiger partial charge on any atom is -0.355 e. The van der Waals surface area contributed by atoms with Crippen molar-refractivity contribution in [1.29, 1.82) is 0 Å². The van der Waals surface area contributed by atoms with Crippen LogP contribution in [0.1, 0.15) is 48.5 Å². The summed E-state index contributed by atoms with van der Waals surface area (Å²) < 4.78 is 0. The van der Waals surface area contributed by atoms with Crippen LogP contribution in [0.5, 0.6) is 0 Å². The first-order valence-corrected chi connectivity index (χ1v) is 6.09. The molecule has 88 valence electrons. The maximum Gasteiger partial charge on any atom is 0.251 e. The molecule has 0 aliphatic rings. The van der Waals surface area contributed by atoms with E-state index in [1.54, 1.807) is 7.05 Å². The SMILES string of the molecule is CCCCCCc1ccccc1C(=O)NC. The van der Waals surface area contributed by atoms with E-state index in [9.17, 15) is 4.79 Å². The maximum atomic E-state index is 11.6. The summed E-state index contributed by atoms with van der Waals surface area (Å²) in [6, 6.07) is 7.87. The van der Waals surface area contributed by atoms with Crippen LogP contribution in [0.25, 0.3) is 0 Å². The van der Waals surface area contributed by atoms with E-state index in [1.165, 1.54) is 25.7 Å². The predicted molar refractivity (Wildman–Crippen MR) is 67.7 cm³/mol. The second kappa shape index (κ2) is 7.04. The monoisotopic (exact) mass is 219 g/mol. The number of unbranched alkanes of at least 4 members (excludes halogenated alkanes) is 3. The third-order valence-corrected chi connectivity index (χ3v) is 2.79. The van der Waals surface area contributed by atoms with E-state index >= 15 is 0 Å². The highest BCUT2D eigenvalue weighted by molar-refractivity contribution is 5.95. The van der Waals surface area contributed by atoms with Crippen LogP contribution >= 0.6 is 0 Å². The molecule has 1 aromatic rings. The molecule has 0 atom stereocenters. The summed E-state index contributed by atoms with van der Waals surface area (Å²) in [5.41, 5.74) is 1.99. The van der Waals surface area contributed by atoms with Crippen molar-refractivity contribution in [1.82, 2.24) is 5.32 Å². The number of carbonyl (C=O) groups is 1. The molecule has 2 heteroatoms. The fraction of sp³-hybridized carbons (Fsp3) is 0.500. The molecule has 0 radical (unpaired) electrons. The Bertz CT molecular complexity index is 333. The Morgan fingerprint density at radius 3 is 2.62 bits per heavy atom. The Labute approximate surface area is 98.1 Å². The Morgan fingerprint density at radius 2 is 1.94 bits per heavy atom. The molecule has 0 spiro atoms. The summed E-state index contributed by atoms with van der Waals surface area (Å²) in [5, 5.41) is 2.68. The maximum absolute atomic E-state index is 11.6. The zero-order chi connectivity index (χ0) is 11.8. The minimum absolute atomic E-state index is 0.0195. The van der Waals surface area contributed by atoms with Gasteiger partial charge in [-0.3, -0.25) is 4.79 Å². The average Bonchev–Trinajstić information content (AvgIpc) is 2.34. The number of nitrogens with one attached hydrogen (secondary N) is 1. The summed E-state index contributed by atoms with van der Waals surface area (Å²) in [7, 11) is 1.68. The molecule has 1 aromatic carbocycles. The van der Waals surface area contributed by atoms with Crippen LogP contribution in [0.2, 0.25) is 0 Å². The Balaban J connectivity index is 2.60. The zero-order valence-electron chi connectivity index (χ0n) is 10.3. The van der Waals surface area contributed by atoms with Gasteiger partial charge in [-0.05, 0) is 24.5 Å². The number of hydrogen-bond acceptors (Lipinski definition) is 1. The van der Waals surface area contributed by atoms with Crippen molar-refractivity contribution in [3.05, 3.63) is 35.4 Å². The van der Waals surface area contributed by atoms with E-state index in [-0.39, 0.29) is 5.91 Å². The molecule has 0 aliphatic carbocycles. The lowest BCUT2D eigenvalue weighted by atomic mass is 10.0. The van der Waals surface area contributed by atoms with Crippen molar-refractivity contribution in [2.24, 2.45) is 0 Å². The average molecular weight is 219 g/mol. The first kappa shape index (κ1) is 12.8. The third-order valence-electron chi connectivity index (χ3n) is 2.79. The summed E-state index contributed by atoms with van der Waals surface area (Å²) >= 11 is 0. The van der Waals surface area contributed by atoms with Crippen LogP contribution in [-0.4, -0.2) is 13.0 Å². The molecule has 1 rings (SSSR count). The number of aryl methyl sites for hydroxylation is 1. The van der Waals surface area contributed by atoms with Gasteiger partial charge in [0.05, 0.1) is 0 Å². The normalized spacial score (nSPS) is 10.1. The van der Waals surface area contributed by atoms with Gasteiger partial charge in [0.25, 0.3) is 5.91 Å². The lowest BCUT2D eigenvalue weighted by Gasteiger charge is -2.07. The number of rotatable bonds is 6. The fourth-order valence-electron chi connectivity index (χ4n) is 1.84.